The van der Waals surface area contributed by atoms with Gasteiger partial charge in [0.15, 0.2) is 5.78 Å². The van der Waals surface area contributed by atoms with E-state index in [0.717, 1.165) is 16.7 Å². The SMILES string of the molecule is Cc1ccc(C)c(C(=O)Cn2cnc(I)n2)c1. The average Bonchev–Trinajstić information content (AvgIpc) is 2.67. The van der Waals surface area contributed by atoms with Crippen LogP contribution in [0.5, 0.6) is 0 Å². The first-order chi connectivity index (χ1) is 8.06. The number of carbonyl (C=O) groups excluding carboxylic acids is 1. The molecule has 0 fully saturated rings. The quantitative estimate of drug-likeness (QED) is 0.636. The highest BCUT2D eigenvalue weighted by Crippen LogP contribution is 2.12. The van der Waals surface area contributed by atoms with E-state index in [1.165, 1.54) is 0 Å². The lowest BCUT2D eigenvalue weighted by atomic mass is 10.0. The van der Waals surface area contributed by atoms with Gasteiger partial charge in [0.2, 0.25) is 3.83 Å². The normalized spacial score (nSPS) is 10.5. The van der Waals surface area contributed by atoms with Gasteiger partial charge in [-0.2, -0.15) is 0 Å². The summed E-state index contributed by atoms with van der Waals surface area (Å²) in [6.07, 6.45) is 1.57. The lowest BCUT2D eigenvalue weighted by Gasteiger charge is -2.05. The molecule has 0 aliphatic heterocycles. The zero-order valence-corrected chi connectivity index (χ0v) is 11.8. The second-order valence-corrected chi connectivity index (χ2v) is 4.92. The van der Waals surface area contributed by atoms with Gasteiger partial charge >= 0.3 is 0 Å². The zero-order chi connectivity index (χ0) is 12.4. The first-order valence-corrected chi connectivity index (χ1v) is 6.29. The fourth-order valence-electron chi connectivity index (χ4n) is 1.62. The van der Waals surface area contributed by atoms with Crippen molar-refractivity contribution in [1.82, 2.24) is 14.8 Å². The zero-order valence-electron chi connectivity index (χ0n) is 9.64. The number of hydrogen-bond donors (Lipinski definition) is 0. The second-order valence-electron chi connectivity index (χ2n) is 3.95. The molecule has 0 atom stereocenters. The van der Waals surface area contributed by atoms with E-state index in [1.807, 2.05) is 54.6 Å². The Bertz CT molecular complexity index is 563. The minimum Gasteiger partial charge on any atom is -0.292 e. The molecule has 17 heavy (non-hydrogen) atoms. The standard InChI is InChI=1S/C12H12IN3O/c1-8-3-4-9(2)10(5-8)11(17)6-16-7-14-12(13)15-16/h3-5,7H,6H2,1-2H3. The summed E-state index contributed by atoms with van der Waals surface area (Å²) in [5, 5.41) is 4.10. The van der Waals surface area contributed by atoms with Crippen LogP contribution in [0, 0.1) is 17.7 Å². The van der Waals surface area contributed by atoms with Crippen molar-refractivity contribution in [1.29, 1.82) is 0 Å². The van der Waals surface area contributed by atoms with Crippen LogP contribution in [-0.4, -0.2) is 20.5 Å². The minimum absolute atomic E-state index is 0.0625. The van der Waals surface area contributed by atoms with Crippen LogP contribution in [0.25, 0.3) is 0 Å². The Kier molecular flexibility index (Phi) is 3.56. The van der Waals surface area contributed by atoms with Crippen LogP contribution in [0.1, 0.15) is 21.5 Å². The van der Waals surface area contributed by atoms with Gasteiger partial charge in [-0.25, -0.2) is 9.67 Å². The fourth-order valence-corrected chi connectivity index (χ4v) is 2.02. The molecule has 1 aromatic carbocycles. The summed E-state index contributed by atoms with van der Waals surface area (Å²) in [4.78, 5) is 16.1. The molecule has 5 heteroatoms. The third-order valence-electron chi connectivity index (χ3n) is 2.51. The summed E-state index contributed by atoms with van der Waals surface area (Å²) >= 11 is 2.02. The van der Waals surface area contributed by atoms with Crippen molar-refractivity contribution in [3.05, 3.63) is 45.0 Å². The van der Waals surface area contributed by atoms with Crippen LogP contribution in [0.4, 0.5) is 0 Å². The number of carbonyl (C=O) groups is 1. The molecule has 88 valence electrons. The fraction of sp³-hybridized carbons (Fsp3) is 0.250. The van der Waals surface area contributed by atoms with Crippen LogP contribution in [-0.2, 0) is 6.54 Å². The van der Waals surface area contributed by atoms with Crippen molar-refractivity contribution in [3.63, 3.8) is 0 Å². The van der Waals surface area contributed by atoms with Crippen LogP contribution < -0.4 is 0 Å². The van der Waals surface area contributed by atoms with Crippen molar-refractivity contribution >= 4 is 28.4 Å². The molecule has 0 saturated carbocycles. The maximum atomic E-state index is 12.1. The largest absolute Gasteiger partial charge is 0.292 e. The molecule has 0 amide bonds. The first-order valence-electron chi connectivity index (χ1n) is 5.21. The van der Waals surface area contributed by atoms with E-state index in [0.29, 0.717) is 3.83 Å². The highest BCUT2D eigenvalue weighted by molar-refractivity contribution is 14.1. The van der Waals surface area contributed by atoms with E-state index < -0.39 is 0 Å². The van der Waals surface area contributed by atoms with Crippen molar-refractivity contribution in [2.24, 2.45) is 0 Å². The Labute approximate surface area is 113 Å². The summed E-state index contributed by atoms with van der Waals surface area (Å²) in [6.45, 7) is 4.16. The molecule has 2 aromatic rings. The molecule has 0 saturated heterocycles. The van der Waals surface area contributed by atoms with Crippen LogP contribution in [0.2, 0.25) is 0 Å². The number of aryl methyl sites for hydroxylation is 2. The Morgan fingerprint density at radius 2 is 2.18 bits per heavy atom. The topological polar surface area (TPSA) is 47.8 Å². The molecule has 4 nitrogen and oxygen atoms in total. The molecular weight excluding hydrogens is 329 g/mol. The minimum atomic E-state index is 0.0625. The number of nitrogens with zero attached hydrogens (tertiary/aromatic N) is 3. The summed E-state index contributed by atoms with van der Waals surface area (Å²) in [5.74, 6) is 0.0625. The summed E-state index contributed by atoms with van der Waals surface area (Å²) in [7, 11) is 0. The molecule has 0 aliphatic carbocycles. The number of halogens is 1. The molecule has 1 heterocycles. The van der Waals surface area contributed by atoms with Gasteiger partial charge in [0.1, 0.15) is 12.9 Å². The van der Waals surface area contributed by atoms with Crippen molar-refractivity contribution in [3.8, 4) is 0 Å². The molecule has 0 spiro atoms. The monoisotopic (exact) mass is 341 g/mol. The van der Waals surface area contributed by atoms with Crippen LogP contribution >= 0.6 is 22.6 Å². The van der Waals surface area contributed by atoms with E-state index in [1.54, 1.807) is 11.0 Å². The Morgan fingerprint density at radius 3 is 2.82 bits per heavy atom. The molecule has 0 N–H and O–H groups in total. The van der Waals surface area contributed by atoms with Gasteiger partial charge in [-0.1, -0.05) is 17.7 Å². The average molecular weight is 341 g/mol. The third kappa shape index (κ3) is 2.91. The molecule has 2 rings (SSSR count). The molecule has 0 unspecified atom stereocenters. The predicted octanol–water partition coefficient (Wildman–Crippen LogP) is 2.38. The van der Waals surface area contributed by atoms with E-state index >= 15 is 0 Å². The van der Waals surface area contributed by atoms with E-state index in [2.05, 4.69) is 10.1 Å². The Morgan fingerprint density at radius 1 is 1.41 bits per heavy atom. The Hall–Kier alpha value is -1.24. The maximum Gasteiger partial charge on any atom is 0.211 e. The maximum absolute atomic E-state index is 12.1. The molecule has 0 radical (unpaired) electrons. The van der Waals surface area contributed by atoms with Gasteiger partial charge in [0.05, 0.1) is 0 Å². The molecule has 0 aliphatic rings. The molecular formula is C12H12IN3O. The van der Waals surface area contributed by atoms with Crippen molar-refractivity contribution < 1.29 is 4.79 Å². The lowest BCUT2D eigenvalue weighted by molar-refractivity contribution is 0.0967. The molecule has 0 bridgehead atoms. The number of hydrogen-bond acceptors (Lipinski definition) is 3. The smallest absolute Gasteiger partial charge is 0.211 e. The van der Waals surface area contributed by atoms with Gasteiger partial charge in [-0.15, -0.1) is 5.10 Å². The summed E-state index contributed by atoms with van der Waals surface area (Å²) < 4.78 is 2.21. The summed E-state index contributed by atoms with van der Waals surface area (Å²) in [5.41, 5.74) is 2.85. The number of aromatic nitrogens is 3. The first kappa shape index (κ1) is 12.2. The summed E-state index contributed by atoms with van der Waals surface area (Å²) in [6, 6.07) is 5.89. The molecule has 1 aromatic heterocycles. The van der Waals surface area contributed by atoms with Crippen molar-refractivity contribution in [2.75, 3.05) is 0 Å². The van der Waals surface area contributed by atoms with Crippen LogP contribution in [0.15, 0.2) is 24.5 Å². The van der Waals surface area contributed by atoms with Gasteiger partial charge in [0.25, 0.3) is 0 Å². The van der Waals surface area contributed by atoms with E-state index in [4.69, 9.17) is 0 Å². The second kappa shape index (κ2) is 4.95. The highest BCUT2D eigenvalue weighted by atomic mass is 127. The number of ketones is 1. The van der Waals surface area contributed by atoms with Gasteiger partial charge < -0.3 is 0 Å². The van der Waals surface area contributed by atoms with Gasteiger partial charge in [-0.3, -0.25) is 4.79 Å². The van der Waals surface area contributed by atoms with Crippen molar-refractivity contribution in [2.45, 2.75) is 20.4 Å². The highest BCUT2D eigenvalue weighted by Gasteiger charge is 2.10. The van der Waals surface area contributed by atoms with E-state index in [9.17, 15) is 4.79 Å². The predicted molar refractivity (Wildman–Crippen MR) is 73.0 cm³/mol. The third-order valence-corrected chi connectivity index (χ3v) is 3.00. The number of Topliss-reactive ketones (excluding diaryl/α,β-unsaturated/α-hetero) is 1. The van der Waals surface area contributed by atoms with Gasteiger partial charge in [0, 0.05) is 28.2 Å². The lowest BCUT2D eigenvalue weighted by Crippen LogP contribution is -2.12. The van der Waals surface area contributed by atoms with Crippen LogP contribution in [0.3, 0.4) is 0 Å². The number of rotatable bonds is 3. The van der Waals surface area contributed by atoms with E-state index in [-0.39, 0.29) is 12.3 Å². The Balaban J connectivity index is 2.22. The van der Waals surface area contributed by atoms with Gasteiger partial charge in [-0.05, 0) is 25.5 Å². The number of benzene rings is 1.